The Morgan fingerprint density at radius 2 is 2.19 bits per heavy atom. The van der Waals surface area contributed by atoms with E-state index in [0.717, 1.165) is 3.79 Å². The molecule has 1 aliphatic rings. The third kappa shape index (κ3) is 2.70. The second kappa shape index (κ2) is 5.78. The second-order valence-electron chi connectivity index (χ2n) is 5.26. The van der Waals surface area contributed by atoms with Crippen LogP contribution < -0.4 is 0 Å². The fourth-order valence-electron chi connectivity index (χ4n) is 2.92. The first-order valence-electron chi connectivity index (χ1n) is 6.85. The second-order valence-corrected chi connectivity index (χ2v) is 7.78. The van der Waals surface area contributed by atoms with Crippen LogP contribution in [-0.2, 0) is 11.3 Å². The van der Waals surface area contributed by atoms with E-state index in [4.69, 9.17) is 0 Å². The monoisotopic (exact) mass is 361 g/mol. The van der Waals surface area contributed by atoms with Gasteiger partial charge in [0.15, 0.2) is 0 Å². The summed E-state index contributed by atoms with van der Waals surface area (Å²) in [4.78, 5) is 15.2. The van der Waals surface area contributed by atoms with Crippen LogP contribution in [-0.4, -0.2) is 17.4 Å². The van der Waals surface area contributed by atoms with E-state index in [0.29, 0.717) is 13.1 Å². The number of benzene rings is 1. The first-order valence-corrected chi connectivity index (χ1v) is 8.46. The zero-order chi connectivity index (χ0) is 15.0. The van der Waals surface area contributed by atoms with Crippen molar-refractivity contribution in [3.63, 3.8) is 0 Å². The molecular weight excluding hydrogens is 346 g/mol. The summed E-state index contributed by atoms with van der Waals surface area (Å²) in [5.74, 6) is 0.241. The fourth-order valence-corrected chi connectivity index (χ4v) is 4.72. The predicted molar refractivity (Wildman–Crippen MR) is 90.7 cm³/mol. The number of thiophene rings is 1. The minimum absolute atomic E-state index is 0.00348. The van der Waals surface area contributed by atoms with Crippen LogP contribution in [0.2, 0.25) is 0 Å². The van der Waals surface area contributed by atoms with Gasteiger partial charge in [-0.3, -0.25) is 4.79 Å². The molecule has 21 heavy (non-hydrogen) atoms. The highest BCUT2D eigenvalue weighted by atomic mass is 79.9. The molecule has 0 fully saturated rings. The number of hydrogen-bond donors (Lipinski definition) is 0. The molecule has 0 saturated carbocycles. The number of fused-ring (bicyclic) bond motifs is 1. The van der Waals surface area contributed by atoms with E-state index in [1.807, 2.05) is 4.90 Å². The van der Waals surface area contributed by atoms with E-state index in [9.17, 15) is 4.79 Å². The highest BCUT2D eigenvalue weighted by Gasteiger charge is 2.30. The zero-order valence-corrected chi connectivity index (χ0v) is 14.2. The van der Waals surface area contributed by atoms with Crippen LogP contribution >= 0.6 is 27.3 Å². The number of rotatable bonds is 2. The topological polar surface area (TPSA) is 20.3 Å². The van der Waals surface area contributed by atoms with Crippen molar-refractivity contribution in [1.29, 1.82) is 0 Å². The maximum Gasteiger partial charge on any atom is 0.246 e. The van der Waals surface area contributed by atoms with E-state index < -0.39 is 0 Å². The molecule has 2 nitrogen and oxygen atoms in total. The Kier molecular flexibility index (Phi) is 4.00. The lowest BCUT2D eigenvalue weighted by Crippen LogP contribution is -2.37. The molecule has 0 aliphatic carbocycles. The molecule has 0 N–H and O–H groups in total. The summed E-state index contributed by atoms with van der Waals surface area (Å²) in [6.07, 6.45) is 1.41. The Morgan fingerprint density at radius 1 is 1.43 bits per heavy atom. The van der Waals surface area contributed by atoms with Crippen molar-refractivity contribution in [3.05, 3.63) is 68.3 Å². The summed E-state index contributed by atoms with van der Waals surface area (Å²) in [5, 5.41) is 0. The predicted octanol–water partition coefficient (Wildman–Crippen LogP) is 4.48. The standard InChI is InChI=1S/C17H16BrNOS/c1-3-17(20)19-9-14(12-7-5-4-6-11(12)2)13-8-16(18)21-15(13)10-19/h3-8,14H,1,9-10H2,2H3/t14-/m1/s1. The Hall–Kier alpha value is -1.39. The first kappa shape index (κ1) is 14.5. The lowest BCUT2D eigenvalue weighted by Gasteiger charge is -2.33. The van der Waals surface area contributed by atoms with Crippen LogP contribution in [0, 0.1) is 6.92 Å². The zero-order valence-electron chi connectivity index (χ0n) is 11.8. The number of carbonyl (C=O) groups is 1. The Morgan fingerprint density at radius 3 is 2.90 bits per heavy atom. The number of halogens is 1. The molecule has 2 heterocycles. The fraction of sp³-hybridized carbons (Fsp3) is 0.235. The van der Waals surface area contributed by atoms with Gasteiger partial charge >= 0.3 is 0 Å². The number of aryl methyl sites for hydroxylation is 1. The maximum atomic E-state index is 12.0. The van der Waals surface area contributed by atoms with Crippen LogP contribution in [0.4, 0.5) is 0 Å². The molecule has 1 aromatic heterocycles. The van der Waals surface area contributed by atoms with Crippen molar-refractivity contribution in [3.8, 4) is 0 Å². The van der Waals surface area contributed by atoms with Gasteiger partial charge in [-0.1, -0.05) is 30.8 Å². The average molecular weight is 362 g/mol. The van der Waals surface area contributed by atoms with Crippen molar-refractivity contribution in [1.82, 2.24) is 4.90 Å². The molecule has 0 radical (unpaired) electrons. The first-order chi connectivity index (χ1) is 10.1. The highest BCUT2D eigenvalue weighted by Crippen LogP contribution is 2.40. The molecule has 1 amide bonds. The van der Waals surface area contributed by atoms with E-state index in [2.05, 4.69) is 59.8 Å². The molecule has 0 bridgehead atoms. The van der Waals surface area contributed by atoms with Crippen molar-refractivity contribution >= 4 is 33.2 Å². The van der Waals surface area contributed by atoms with E-state index in [1.54, 1.807) is 11.3 Å². The Bertz CT molecular complexity index is 707. The average Bonchev–Trinajstić information content (AvgIpc) is 2.86. The molecule has 2 aromatic rings. The van der Waals surface area contributed by atoms with Crippen molar-refractivity contribution in [2.45, 2.75) is 19.4 Å². The van der Waals surface area contributed by atoms with Gasteiger partial charge in [0.1, 0.15) is 0 Å². The maximum absolute atomic E-state index is 12.0. The minimum Gasteiger partial charge on any atom is -0.333 e. The van der Waals surface area contributed by atoms with Crippen LogP contribution in [0.15, 0.2) is 46.8 Å². The molecule has 0 unspecified atom stereocenters. The molecule has 108 valence electrons. The summed E-state index contributed by atoms with van der Waals surface area (Å²) in [7, 11) is 0. The molecule has 4 heteroatoms. The van der Waals surface area contributed by atoms with Crippen LogP contribution in [0.5, 0.6) is 0 Å². The van der Waals surface area contributed by atoms with E-state index in [1.165, 1.54) is 27.6 Å². The summed E-state index contributed by atoms with van der Waals surface area (Å²) in [6, 6.07) is 10.6. The molecule has 1 atom stereocenters. The van der Waals surface area contributed by atoms with Crippen molar-refractivity contribution in [2.24, 2.45) is 0 Å². The Labute approximate surface area is 137 Å². The summed E-state index contributed by atoms with van der Waals surface area (Å²) in [5.41, 5.74) is 3.91. The third-order valence-corrected chi connectivity index (χ3v) is 5.61. The summed E-state index contributed by atoms with van der Waals surface area (Å²) >= 11 is 5.29. The van der Waals surface area contributed by atoms with Gasteiger partial charge in [-0.15, -0.1) is 11.3 Å². The Balaban J connectivity index is 2.08. The number of amides is 1. The molecule has 1 aromatic carbocycles. The molecular formula is C17H16BrNOS. The lowest BCUT2D eigenvalue weighted by molar-refractivity contribution is -0.127. The third-order valence-electron chi connectivity index (χ3n) is 3.97. The van der Waals surface area contributed by atoms with E-state index in [-0.39, 0.29) is 11.8 Å². The number of carbonyl (C=O) groups excluding carboxylic acids is 1. The molecule has 0 spiro atoms. The molecule has 0 saturated heterocycles. The summed E-state index contributed by atoms with van der Waals surface area (Å²) < 4.78 is 1.12. The van der Waals surface area contributed by atoms with Crippen molar-refractivity contribution < 1.29 is 4.79 Å². The normalized spacial score (nSPS) is 17.4. The highest BCUT2D eigenvalue weighted by molar-refractivity contribution is 9.11. The van der Waals surface area contributed by atoms with Gasteiger partial charge < -0.3 is 4.90 Å². The van der Waals surface area contributed by atoms with Crippen LogP contribution in [0.3, 0.4) is 0 Å². The van der Waals surface area contributed by atoms with Crippen LogP contribution in [0.25, 0.3) is 0 Å². The van der Waals surface area contributed by atoms with Gasteiger partial charge in [0.2, 0.25) is 5.91 Å². The van der Waals surface area contributed by atoms with E-state index >= 15 is 0 Å². The van der Waals surface area contributed by atoms with Gasteiger partial charge in [-0.25, -0.2) is 0 Å². The van der Waals surface area contributed by atoms with Crippen LogP contribution in [0.1, 0.15) is 27.5 Å². The number of hydrogen-bond acceptors (Lipinski definition) is 2. The molecule has 3 rings (SSSR count). The van der Waals surface area contributed by atoms with Crippen molar-refractivity contribution in [2.75, 3.05) is 6.54 Å². The number of nitrogens with zero attached hydrogens (tertiary/aromatic N) is 1. The molecule has 1 aliphatic heterocycles. The van der Waals surface area contributed by atoms with Gasteiger partial charge in [-0.05, 0) is 51.7 Å². The smallest absolute Gasteiger partial charge is 0.246 e. The van der Waals surface area contributed by atoms with Gasteiger partial charge in [0, 0.05) is 17.3 Å². The van der Waals surface area contributed by atoms with Gasteiger partial charge in [0.05, 0.1) is 10.3 Å². The minimum atomic E-state index is 0.00348. The summed E-state index contributed by atoms with van der Waals surface area (Å²) in [6.45, 7) is 7.14. The lowest BCUT2D eigenvalue weighted by atomic mass is 9.86. The largest absolute Gasteiger partial charge is 0.333 e. The SMILES string of the molecule is C=CC(=O)N1Cc2sc(Br)cc2[C@@H](c2ccccc2C)C1. The quantitative estimate of drug-likeness (QED) is 0.722. The van der Waals surface area contributed by atoms with Gasteiger partial charge in [-0.2, -0.15) is 0 Å². The van der Waals surface area contributed by atoms with Gasteiger partial charge in [0.25, 0.3) is 0 Å².